The lowest BCUT2D eigenvalue weighted by atomic mass is 10.2. The minimum absolute atomic E-state index is 0.148. The fourth-order valence-electron chi connectivity index (χ4n) is 2.94. The fraction of sp³-hybridized carbons (Fsp3) is 0.429. The van der Waals surface area contributed by atoms with Crippen LogP contribution < -0.4 is 4.72 Å². The standard InChI is InChI=1S/C21H30N2O4S2/c1-17(2)14-23(15-18(3)4)29(26,27)21-12-10-20(11-13-21)22-28(24,25)16-19-8-6-5-7-9-19/h5-13,17-18,22H,14-16H2,1-4H3. The maximum absolute atomic E-state index is 13.0. The molecule has 0 amide bonds. The number of benzene rings is 2. The Morgan fingerprint density at radius 3 is 1.79 bits per heavy atom. The first-order valence-corrected chi connectivity index (χ1v) is 12.7. The minimum atomic E-state index is -3.64. The molecule has 160 valence electrons. The second-order valence-corrected chi connectivity index (χ2v) is 11.6. The summed E-state index contributed by atoms with van der Waals surface area (Å²) >= 11 is 0. The predicted octanol–water partition coefficient (Wildman–Crippen LogP) is 3.93. The van der Waals surface area contributed by atoms with Gasteiger partial charge in [0, 0.05) is 18.8 Å². The lowest BCUT2D eigenvalue weighted by molar-refractivity contribution is 0.333. The van der Waals surface area contributed by atoms with E-state index in [4.69, 9.17) is 0 Å². The molecule has 0 radical (unpaired) electrons. The third-order valence-electron chi connectivity index (χ3n) is 4.10. The van der Waals surface area contributed by atoms with Crippen molar-refractivity contribution in [2.45, 2.75) is 38.3 Å². The summed E-state index contributed by atoms with van der Waals surface area (Å²) in [5, 5.41) is 0. The molecule has 2 rings (SSSR count). The van der Waals surface area contributed by atoms with Crippen LogP contribution in [0.3, 0.4) is 0 Å². The summed E-state index contributed by atoms with van der Waals surface area (Å²) in [6.07, 6.45) is 0. The first kappa shape index (κ1) is 23.4. The Morgan fingerprint density at radius 1 is 0.793 bits per heavy atom. The number of hydrogen-bond acceptors (Lipinski definition) is 4. The van der Waals surface area contributed by atoms with Crippen molar-refractivity contribution < 1.29 is 16.8 Å². The number of anilines is 1. The van der Waals surface area contributed by atoms with Crippen molar-refractivity contribution in [3.63, 3.8) is 0 Å². The Labute approximate surface area is 175 Å². The zero-order chi connectivity index (χ0) is 21.7. The molecule has 0 spiro atoms. The molecule has 0 saturated carbocycles. The number of rotatable bonds is 10. The van der Waals surface area contributed by atoms with Gasteiger partial charge in [0.15, 0.2) is 0 Å². The van der Waals surface area contributed by atoms with Gasteiger partial charge in [-0.3, -0.25) is 4.72 Å². The van der Waals surface area contributed by atoms with Crippen molar-refractivity contribution in [2.24, 2.45) is 11.8 Å². The van der Waals surface area contributed by atoms with Crippen molar-refractivity contribution in [1.82, 2.24) is 4.31 Å². The predicted molar refractivity (Wildman–Crippen MR) is 118 cm³/mol. The summed E-state index contributed by atoms with van der Waals surface area (Å²) in [5.41, 5.74) is 1.01. The van der Waals surface area contributed by atoms with E-state index in [-0.39, 0.29) is 22.5 Å². The Kier molecular flexibility index (Phi) is 7.85. The maximum atomic E-state index is 13.0. The molecule has 0 aliphatic rings. The second kappa shape index (κ2) is 9.73. The van der Waals surface area contributed by atoms with Crippen LogP contribution in [-0.4, -0.2) is 34.2 Å². The molecular formula is C21H30N2O4S2. The van der Waals surface area contributed by atoms with Crippen molar-refractivity contribution >= 4 is 25.7 Å². The van der Waals surface area contributed by atoms with Gasteiger partial charge in [0.25, 0.3) is 0 Å². The highest BCUT2D eigenvalue weighted by Gasteiger charge is 2.26. The SMILES string of the molecule is CC(C)CN(CC(C)C)S(=O)(=O)c1ccc(NS(=O)(=O)Cc2ccccc2)cc1. The Hall–Kier alpha value is -1.90. The second-order valence-electron chi connectivity index (χ2n) is 7.98. The van der Waals surface area contributed by atoms with E-state index in [1.54, 1.807) is 24.3 Å². The molecule has 0 saturated heterocycles. The molecule has 0 aliphatic carbocycles. The Balaban J connectivity index is 2.17. The molecule has 0 aliphatic heterocycles. The summed E-state index contributed by atoms with van der Waals surface area (Å²) in [6.45, 7) is 8.79. The van der Waals surface area contributed by atoms with Crippen LogP contribution in [0.2, 0.25) is 0 Å². The molecule has 0 heterocycles. The van der Waals surface area contributed by atoms with Crippen LogP contribution in [0.25, 0.3) is 0 Å². The average Bonchev–Trinajstić information content (AvgIpc) is 2.61. The largest absolute Gasteiger partial charge is 0.283 e. The molecular weight excluding hydrogens is 408 g/mol. The van der Waals surface area contributed by atoms with Crippen molar-refractivity contribution in [1.29, 1.82) is 0 Å². The van der Waals surface area contributed by atoms with Crippen LogP contribution in [0.5, 0.6) is 0 Å². The zero-order valence-corrected chi connectivity index (χ0v) is 19.0. The molecule has 29 heavy (non-hydrogen) atoms. The maximum Gasteiger partial charge on any atom is 0.243 e. The molecule has 8 heteroatoms. The van der Waals surface area contributed by atoms with Gasteiger partial charge in [0.2, 0.25) is 20.0 Å². The summed E-state index contributed by atoms with van der Waals surface area (Å²) < 4.78 is 54.8. The van der Waals surface area contributed by atoms with Crippen LogP contribution in [0.1, 0.15) is 33.3 Å². The normalized spacial score (nSPS) is 12.7. The lowest BCUT2D eigenvalue weighted by Crippen LogP contribution is -2.37. The lowest BCUT2D eigenvalue weighted by Gasteiger charge is -2.25. The number of nitrogens with zero attached hydrogens (tertiary/aromatic N) is 1. The van der Waals surface area contributed by atoms with Crippen molar-refractivity contribution in [2.75, 3.05) is 17.8 Å². The molecule has 0 fully saturated rings. The van der Waals surface area contributed by atoms with E-state index >= 15 is 0 Å². The van der Waals surface area contributed by atoms with Gasteiger partial charge in [0.05, 0.1) is 10.6 Å². The van der Waals surface area contributed by atoms with Gasteiger partial charge in [-0.25, -0.2) is 16.8 Å². The first-order chi connectivity index (χ1) is 13.5. The summed E-state index contributed by atoms with van der Waals surface area (Å²) in [6, 6.07) is 14.7. The van der Waals surface area contributed by atoms with Gasteiger partial charge < -0.3 is 0 Å². The van der Waals surface area contributed by atoms with Crippen LogP contribution in [0, 0.1) is 11.8 Å². The van der Waals surface area contributed by atoms with Gasteiger partial charge >= 0.3 is 0 Å². The van der Waals surface area contributed by atoms with Gasteiger partial charge in [-0.1, -0.05) is 58.0 Å². The molecule has 1 N–H and O–H groups in total. The van der Waals surface area contributed by atoms with Crippen molar-refractivity contribution in [3.8, 4) is 0 Å². The first-order valence-electron chi connectivity index (χ1n) is 9.64. The molecule has 0 aromatic heterocycles. The molecule has 2 aromatic carbocycles. The Bertz CT molecular complexity index is 975. The van der Waals surface area contributed by atoms with Gasteiger partial charge in [-0.05, 0) is 41.7 Å². The van der Waals surface area contributed by atoms with E-state index in [1.165, 1.54) is 28.6 Å². The van der Waals surface area contributed by atoms with E-state index in [1.807, 2.05) is 33.8 Å². The smallest absolute Gasteiger partial charge is 0.243 e. The molecule has 0 bridgehead atoms. The van der Waals surface area contributed by atoms with Crippen LogP contribution >= 0.6 is 0 Å². The molecule has 0 unspecified atom stereocenters. The summed E-state index contributed by atoms with van der Waals surface area (Å²) in [4.78, 5) is 0.157. The van der Waals surface area contributed by atoms with E-state index in [0.29, 0.717) is 24.3 Å². The van der Waals surface area contributed by atoms with Gasteiger partial charge in [-0.15, -0.1) is 0 Å². The molecule has 0 atom stereocenters. The van der Waals surface area contributed by atoms with Crippen LogP contribution in [-0.2, 0) is 25.8 Å². The van der Waals surface area contributed by atoms with E-state index in [2.05, 4.69) is 4.72 Å². The van der Waals surface area contributed by atoms with Crippen LogP contribution in [0.4, 0.5) is 5.69 Å². The van der Waals surface area contributed by atoms with E-state index in [0.717, 1.165) is 0 Å². The minimum Gasteiger partial charge on any atom is -0.283 e. The number of hydrogen-bond donors (Lipinski definition) is 1. The van der Waals surface area contributed by atoms with Crippen molar-refractivity contribution in [3.05, 3.63) is 60.2 Å². The topological polar surface area (TPSA) is 83.6 Å². The number of sulfonamides is 2. The van der Waals surface area contributed by atoms with E-state index in [9.17, 15) is 16.8 Å². The Morgan fingerprint density at radius 2 is 1.31 bits per heavy atom. The monoisotopic (exact) mass is 438 g/mol. The van der Waals surface area contributed by atoms with E-state index < -0.39 is 20.0 Å². The summed E-state index contributed by atoms with van der Waals surface area (Å²) in [5.74, 6) is 0.255. The highest BCUT2D eigenvalue weighted by molar-refractivity contribution is 7.92. The molecule has 2 aromatic rings. The number of nitrogens with one attached hydrogen (secondary N) is 1. The fourth-order valence-corrected chi connectivity index (χ4v) is 5.90. The third kappa shape index (κ3) is 7.13. The van der Waals surface area contributed by atoms with Gasteiger partial charge in [0.1, 0.15) is 0 Å². The quantitative estimate of drug-likeness (QED) is 0.609. The average molecular weight is 439 g/mol. The zero-order valence-electron chi connectivity index (χ0n) is 17.4. The summed E-state index contributed by atoms with van der Waals surface area (Å²) in [7, 11) is -7.24. The van der Waals surface area contributed by atoms with Gasteiger partial charge in [-0.2, -0.15) is 4.31 Å². The highest BCUT2D eigenvalue weighted by atomic mass is 32.2. The van der Waals surface area contributed by atoms with Crippen LogP contribution in [0.15, 0.2) is 59.5 Å². The molecule has 6 nitrogen and oxygen atoms in total. The third-order valence-corrected chi connectivity index (χ3v) is 7.21. The highest BCUT2D eigenvalue weighted by Crippen LogP contribution is 2.21.